The van der Waals surface area contributed by atoms with Gasteiger partial charge in [-0.3, -0.25) is 14.6 Å². The van der Waals surface area contributed by atoms with E-state index in [1.165, 1.54) is 6.92 Å². The van der Waals surface area contributed by atoms with E-state index >= 15 is 0 Å². The Balaban J connectivity index is 2.35. The van der Waals surface area contributed by atoms with Crippen molar-refractivity contribution < 1.29 is 4.79 Å². The minimum Gasteiger partial charge on any atom is -0.345 e. The largest absolute Gasteiger partial charge is 0.345 e. The Hall–Kier alpha value is -2.47. The number of nitrogens with one attached hydrogen (secondary N) is 3. The zero-order valence-corrected chi connectivity index (χ0v) is 13.0. The van der Waals surface area contributed by atoms with E-state index in [2.05, 4.69) is 15.3 Å². The molecule has 0 aliphatic carbocycles. The van der Waals surface area contributed by atoms with E-state index in [1.54, 1.807) is 0 Å². The Labute approximate surface area is 132 Å². The topological polar surface area (TPSA) is 77.8 Å². The number of anilines is 1. The highest BCUT2D eigenvalue weighted by atomic mass is 32.1. The number of allylic oxidation sites excluding steroid dienone is 2. The molecule has 1 atom stereocenters. The van der Waals surface area contributed by atoms with Crippen LogP contribution in [0.25, 0.3) is 0 Å². The van der Waals surface area contributed by atoms with Gasteiger partial charge in [-0.1, -0.05) is 30.3 Å². The van der Waals surface area contributed by atoms with Crippen molar-refractivity contribution in [2.24, 2.45) is 0 Å². The van der Waals surface area contributed by atoms with Crippen LogP contribution < -0.4 is 10.9 Å². The summed E-state index contributed by atoms with van der Waals surface area (Å²) in [5, 5.41) is 3.09. The van der Waals surface area contributed by atoms with Crippen LogP contribution in [0, 0.1) is 4.77 Å². The maximum Gasteiger partial charge on any atom is 0.257 e. The molecule has 3 rings (SSSR count). The van der Waals surface area contributed by atoms with Gasteiger partial charge >= 0.3 is 0 Å². The first kappa shape index (κ1) is 14.5. The van der Waals surface area contributed by atoms with Gasteiger partial charge < -0.3 is 10.3 Å². The van der Waals surface area contributed by atoms with E-state index in [-0.39, 0.29) is 16.1 Å². The molecule has 1 aromatic heterocycles. The molecule has 2 aromatic rings. The maximum absolute atomic E-state index is 12.4. The highest BCUT2D eigenvalue weighted by molar-refractivity contribution is 7.71. The van der Waals surface area contributed by atoms with Crippen LogP contribution in [0.5, 0.6) is 0 Å². The molecule has 22 heavy (non-hydrogen) atoms. The highest BCUT2D eigenvalue weighted by Gasteiger charge is 2.33. The molecular weight excluding hydrogens is 298 g/mol. The van der Waals surface area contributed by atoms with Gasteiger partial charge in [-0.2, -0.15) is 0 Å². The Bertz CT molecular complexity index is 894. The molecule has 0 saturated heterocycles. The smallest absolute Gasteiger partial charge is 0.257 e. The molecule has 112 valence electrons. The predicted molar refractivity (Wildman–Crippen MR) is 87.5 cm³/mol. The van der Waals surface area contributed by atoms with Gasteiger partial charge in [0.1, 0.15) is 5.82 Å². The van der Waals surface area contributed by atoms with E-state index in [4.69, 9.17) is 12.2 Å². The molecule has 0 radical (unpaired) electrons. The molecule has 0 fully saturated rings. The lowest BCUT2D eigenvalue weighted by Crippen LogP contribution is -2.29. The first-order chi connectivity index (χ1) is 10.5. The molecule has 3 N–H and O–H groups in total. The summed E-state index contributed by atoms with van der Waals surface area (Å²) in [6.07, 6.45) is 0. The van der Waals surface area contributed by atoms with Gasteiger partial charge in [0.2, 0.25) is 0 Å². The SMILES string of the molecule is CC(=O)C1=C(C)Nc2[nH]c(=S)[nH]c(=O)c2C1c1ccccc1. The molecule has 0 amide bonds. The van der Waals surface area contributed by atoms with Crippen LogP contribution >= 0.6 is 12.2 Å². The minimum atomic E-state index is -0.412. The van der Waals surface area contributed by atoms with Crippen LogP contribution in [0.15, 0.2) is 46.4 Å². The number of hydrogen-bond acceptors (Lipinski definition) is 4. The molecule has 0 saturated carbocycles. The molecule has 5 nitrogen and oxygen atoms in total. The van der Waals surface area contributed by atoms with E-state index in [0.717, 1.165) is 11.3 Å². The quantitative estimate of drug-likeness (QED) is 0.745. The van der Waals surface area contributed by atoms with E-state index < -0.39 is 5.92 Å². The van der Waals surface area contributed by atoms with Crippen molar-refractivity contribution in [3.63, 3.8) is 0 Å². The second-order valence-electron chi connectivity index (χ2n) is 5.26. The fourth-order valence-electron chi connectivity index (χ4n) is 2.93. The Morgan fingerprint density at radius 3 is 2.50 bits per heavy atom. The van der Waals surface area contributed by atoms with Gasteiger partial charge in [-0.15, -0.1) is 0 Å². The summed E-state index contributed by atoms with van der Waals surface area (Å²) >= 11 is 5.03. The number of ketones is 1. The molecule has 0 bridgehead atoms. The van der Waals surface area contributed by atoms with E-state index in [9.17, 15) is 9.59 Å². The number of carbonyl (C=O) groups excluding carboxylic acids is 1. The van der Waals surface area contributed by atoms with Crippen molar-refractivity contribution in [2.45, 2.75) is 19.8 Å². The maximum atomic E-state index is 12.4. The summed E-state index contributed by atoms with van der Waals surface area (Å²) in [4.78, 5) is 30.1. The Kier molecular flexibility index (Phi) is 3.54. The number of rotatable bonds is 2. The zero-order valence-electron chi connectivity index (χ0n) is 12.2. The molecule has 1 aliphatic heterocycles. The van der Waals surface area contributed by atoms with Gasteiger partial charge in [-0.05, 0) is 31.6 Å². The van der Waals surface area contributed by atoms with Gasteiger partial charge in [0.15, 0.2) is 10.6 Å². The van der Waals surface area contributed by atoms with E-state index in [1.807, 2.05) is 37.3 Å². The van der Waals surface area contributed by atoms with Crippen molar-refractivity contribution >= 4 is 23.8 Å². The lowest BCUT2D eigenvalue weighted by Gasteiger charge is -2.28. The summed E-state index contributed by atoms with van der Waals surface area (Å²) in [7, 11) is 0. The standard InChI is InChI=1S/C16H15N3O2S/c1-8-11(9(2)20)12(10-6-4-3-5-7-10)13-14(17-8)18-16(22)19-15(13)21/h3-7,12H,1-2H3,(H3,17,18,19,21,22). The average molecular weight is 313 g/mol. The average Bonchev–Trinajstić information content (AvgIpc) is 2.45. The zero-order chi connectivity index (χ0) is 15.9. The number of hydrogen-bond donors (Lipinski definition) is 3. The lowest BCUT2D eigenvalue weighted by molar-refractivity contribution is -0.113. The number of H-pyrrole nitrogens is 2. The fourth-order valence-corrected chi connectivity index (χ4v) is 3.13. The third-order valence-electron chi connectivity index (χ3n) is 3.79. The number of benzene rings is 1. The van der Waals surface area contributed by atoms with Crippen molar-refractivity contribution in [3.8, 4) is 0 Å². The summed E-state index contributed by atoms with van der Waals surface area (Å²) in [5.74, 6) is 0.0713. The summed E-state index contributed by atoms with van der Waals surface area (Å²) in [6.45, 7) is 3.34. The van der Waals surface area contributed by atoms with Gasteiger partial charge in [0.25, 0.3) is 5.56 Å². The van der Waals surface area contributed by atoms with Crippen LogP contribution in [-0.4, -0.2) is 15.8 Å². The first-order valence-corrected chi connectivity index (χ1v) is 7.30. The van der Waals surface area contributed by atoms with Crippen LogP contribution in [-0.2, 0) is 4.79 Å². The van der Waals surface area contributed by atoms with Gasteiger partial charge in [0.05, 0.1) is 5.56 Å². The van der Waals surface area contributed by atoms with Crippen LogP contribution in [0.1, 0.15) is 30.9 Å². The van der Waals surface area contributed by atoms with Crippen molar-refractivity contribution in [1.82, 2.24) is 9.97 Å². The first-order valence-electron chi connectivity index (χ1n) is 6.89. The molecule has 0 spiro atoms. The molecular formula is C16H15N3O2S. The fraction of sp³-hybridized carbons (Fsp3) is 0.188. The third kappa shape index (κ3) is 2.31. The molecule has 2 heterocycles. The van der Waals surface area contributed by atoms with Gasteiger partial charge in [-0.25, -0.2) is 0 Å². The monoisotopic (exact) mass is 313 g/mol. The number of aromatic nitrogens is 2. The molecule has 1 aromatic carbocycles. The van der Waals surface area contributed by atoms with Crippen LogP contribution in [0.3, 0.4) is 0 Å². The van der Waals surface area contributed by atoms with Crippen molar-refractivity contribution in [1.29, 1.82) is 0 Å². The van der Waals surface area contributed by atoms with Crippen molar-refractivity contribution in [2.75, 3.05) is 5.32 Å². The molecule has 1 aliphatic rings. The predicted octanol–water partition coefficient (Wildman–Crippen LogP) is 2.85. The minimum absolute atomic E-state index is 0.0636. The normalized spacial score (nSPS) is 16.9. The summed E-state index contributed by atoms with van der Waals surface area (Å²) in [5.41, 5.74) is 2.41. The Morgan fingerprint density at radius 1 is 1.18 bits per heavy atom. The van der Waals surface area contributed by atoms with Gasteiger partial charge in [0, 0.05) is 17.2 Å². The summed E-state index contributed by atoms with van der Waals surface area (Å²) < 4.78 is 0.252. The molecule has 1 unspecified atom stereocenters. The number of carbonyl (C=O) groups is 1. The van der Waals surface area contributed by atoms with Crippen LogP contribution in [0.4, 0.5) is 5.82 Å². The van der Waals surface area contributed by atoms with Crippen LogP contribution in [0.2, 0.25) is 0 Å². The Morgan fingerprint density at radius 2 is 1.86 bits per heavy atom. The molecule has 6 heteroatoms. The lowest BCUT2D eigenvalue weighted by atomic mass is 9.81. The number of aromatic amines is 2. The number of Topliss-reactive ketones (excluding diaryl/α,β-unsaturated/α-hetero) is 1. The second-order valence-corrected chi connectivity index (χ2v) is 5.67. The highest BCUT2D eigenvalue weighted by Crippen LogP contribution is 2.38. The van der Waals surface area contributed by atoms with E-state index in [0.29, 0.717) is 17.0 Å². The second kappa shape index (κ2) is 5.38. The summed E-state index contributed by atoms with van der Waals surface area (Å²) in [6, 6.07) is 9.51. The third-order valence-corrected chi connectivity index (χ3v) is 3.99. The van der Waals surface area contributed by atoms with Crippen molar-refractivity contribution in [3.05, 3.63) is 67.9 Å². The number of fused-ring (bicyclic) bond motifs is 1.